The zero-order valence-electron chi connectivity index (χ0n) is 15.6. The molecule has 0 unspecified atom stereocenters. The molecule has 0 radical (unpaired) electrons. The average molecular weight is 475 g/mol. The molecule has 0 aromatic heterocycles. The predicted octanol–water partition coefficient (Wildman–Crippen LogP) is 4.90. The summed E-state index contributed by atoms with van der Waals surface area (Å²) in [6, 6.07) is 19.6. The maximum atomic E-state index is 12.5. The molecular formula is C21H19BrN2O4S. The summed E-state index contributed by atoms with van der Waals surface area (Å²) in [4.78, 5) is 12.7. The number of ether oxygens (including phenoxy) is 1. The van der Waals surface area contributed by atoms with Gasteiger partial charge < -0.3 is 10.1 Å². The van der Waals surface area contributed by atoms with Gasteiger partial charge in [-0.1, -0.05) is 22.0 Å². The molecule has 0 saturated heterocycles. The lowest BCUT2D eigenvalue weighted by Crippen LogP contribution is -2.15. The molecule has 6 nitrogen and oxygen atoms in total. The lowest BCUT2D eigenvalue weighted by Gasteiger charge is -2.10. The molecule has 3 aromatic rings. The first kappa shape index (κ1) is 20.9. The van der Waals surface area contributed by atoms with Gasteiger partial charge in [-0.25, -0.2) is 8.42 Å². The maximum absolute atomic E-state index is 12.5. The van der Waals surface area contributed by atoms with Crippen molar-refractivity contribution in [2.45, 2.75) is 11.8 Å². The number of carbonyl (C=O) groups is 1. The molecule has 0 aliphatic carbocycles. The lowest BCUT2D eigenvalue weighted by molar-refractivity contribution is 0.102. The number of amides is 1. The van der Waals surface area contributed by atoms with Crippen LogP contribution in [0.5, 0.6) is 5.75 Å². The molecule has 2 N–H and O–H groups in total. The number of nitrogens with one attached hydrogen (secondary N) is 2. The van der Waals surface area contributed by atoms with Crippen molar-refractivity contribution >= 4 is 43.2 Å². The number of hydrogen-bond donors (Lipinski definition) is 2. The first-order chi connectivity index (χ1) is 13.9. The Hall–Kier alpha value is -2.84. The van der Waals surface area contributed by atoms with E-state index < -0.39 is 10.0 Å². The summed E-state index contributed by atoms with van der Waals surface area (Å²) in [6.45, 7) is 2.46. The van der Waals surface area contributed by atoms with Gasteiger partial charge >= 0.3 is 0 Å². The van der Waals surface area contributed by atoms with Crippen molar-refractivity contribution in [3.05, 3.63) is 82.8 Å². The van der Waals surface area contributed by atoms with Gasteiger partial charge in [-0.05, 0) is 73.7 Å². The normalized spacial score (nSPS) is 11.0. The fourth-order valence-electron chi connectivity index (χ4n) is 2.56. The molecule has 0 fully saturated rings. The molecule has 0 spiro atoms. The summed E-state index contributed by atoms with van der Waals surface area (Å²) in [6.07, 6.45) is 0. The second kappa shape index (κ2) is 9.11. The lowest BCUT2D eigenvalue weighted by atomic mass is 10.2. The zero-order chi connectivity index (χ0) is 20.9. The molecule has 29 heavy (non-hydrogen) atoms. The fourth-order valence-corrected chi connectivity index (χ4v) is 3.87. The summed E-state index contributed by atoms with van der Waals surface area (Å²) in [5.41, 5.74) is 1.24. The molecule has 0 aliphatic heterocycles. The molecule has 150 valence electrons. The van der Waals surface area contributed by atoms with E-state index in [4.69, 9.17) is 4.74 Å². The Bertz CT molecular complexity index is 1100. The summed E-state index contributed by atoms with van der Waals surface area (Å²) in [5, 5.41) is 2.78. The van der Waals surface area contributed by atoms with Crippen LogP contribution in [-0.4, -0.2) is 20.9 Å². The van der Waals surface area contributed by atoms with Crippen molar-refractivity contribution in [2.24, 2.45) is 0 Å². The standard InChI is InChI=1S/C21H19BrN2O4S/c1-2-28-19-10-8-17(9-11-19)23-21(25)15-4-3-5-18(14-15)24-29(26,27)20-12-6-16(22)7-13-20/h3-14,24H,2H2,1H3,(H,23,25). The van der Waals surface area contributed by atoms with Gasteiger partial charge in [0, 0.05) is 21.4 Å². The van der Waals surface area contributed by atoms with Gasteiger partial charge in [0.1, 0.15) is 5.75 Å². The highest BCUT2D eigenvalue weighted by molar-refractivity contribution is 9.10. The molecule has 0 atom stereocenters. The van der Waals surface area contributed by atoms with E-state index in [1.54, 1.807) is 54.6 Å². The van der Waals surface area contributed by atoms with E-state index in [9.17, 15) is 13.2 Å². The summed E-state index contributed by atoms with van der Waals surface area (Å²) in [7, 11) is -3.76. The maximum Gasteiger partial charge on any atom is 0.261 e. The highest BCUT2D eigenvalue weighted by Gasteiger charge is 2.15. The minimum atomic E-state index is -3.76. The molecule has 0 saturated carbocycles. The van der Waals surface area contributed by atoms with Gasteiger partial charge in [-0.15, -0.1) is 0 Å². The summed E-state index contributed by atoms with van der Waals surface area (Å²) < 4.78 is 33.7. The minimum absolute atomic E-state index is 0.130. The first-order valence-electron chi connectivity index (χ1n) is 8.80. The Labute approximate surface area is 178 Å². The Kier molecular flexibility index (Phi) is 6.56. The minimum Gasteiger partial charge on any atom is -0.494 e. The predicted molar refractivity (Wildman–Crippen MR) is 117 cm³/mol. The molecule has 3 aromatic carbocycles. The van der Waals surface area contributed by atoms with Gasteiger partial charge in [-0.2, -0.15) is 0 Å². The number of hydrogen-bond acceptors (Lipinski definition) is 4. The third-order valence-corrected chi connectivity index (χ3v) is 5.85. The van der Waals surface area contributed by atoms with Gasteiger partial charge in [0.15, 0.2) is 0 Å². The number of sulfonamides is 1. The Morgan fingerprint density at radius 3 is 2.31 bits per heavy atom. The second-order valence-electron chi connectivity index (χ2n) is 6.05. The van der Waals surface area contributed by atoms with Gasteiger partial charge in [0.25, 0.3) is 15.9 Å². The molecule has 8 heteroatoms. The number of benzene rings is 3. The molecule has 1 amide bonds. The summed E-state index contributed by atoms with van der Waals surface area (Å²) in [5.74, 6) is 0.369. The van der Waals surface area contributed by atoms with Crippen molar-refractivity contribution in [1.82, 2.24) is 0 Å². The highest BCUT2D eigenvalue weighted by Crippen LogP contribution is 2.21. The van der Waals surface area contributed by atoms with Crippen LogP contribution in [0.1, 0.15) is 17.3 Å². The van der Waals surface area contributed by atoms with Crippen LogP contribution in [0, 0.1) is 0 Å². The van der Waals surface area contributed by atoms with E-state index in [2.05, 4.69) is 26.0 Å². The van der Waals surface area contributed by atoms with Gasteiger partial charge in [-0.3, -0.25) is 9.52 Å². The van der Waals surface area contributed by atoms with Crippen molar-refractivity contribution in [1.29, 1.82) is 0 Å². The fraction of sp³-hybridized carbons (Fsp3) is 0.0952. The number of halogens is 1. The van der Waals surface area contributed by atoms with Gasteiger partial charge in [0.05, 0.1) is 11.5 Å². The van der Waals surface area contributed by atoms with E-state index in [1.165, 1.54) is 18.2 Å². The first-order valence-corrected chi connectivity index (χ1v) is 11.1. The highest BCUT2D eigenvalue weighted by atomic mass is 79.9. The van der Waals surface area contributed by atoms with Crippen LogP contribution >= 0.6 is 15.9 Å². The molecule has 0 aliphatic rings. The Morgan fingerprint density at radius 1 is 0.966 bits per heavy atom. The molecule has 3 rings (SSSR count). The largest absolute Gasteiger partial charge is 0.494 e. The monoisotopic (exact) mass is 474 g/mol. The molecule has 0 heterocycles. The van der Waals surface area contributed by atoms with Crippen LogP contribution in [0.15, 0.2) is 82.2 Å². The van der Waals surface area contributed by atoms with Crippen LogP contribution in [0.4, 0.5) is 11.4 Å². The summed E-state index contributed by atoms with van der Waals surface area (Å²) >= 11 is 3.28. The number of anilines is 2. The van der Waals surface area contributed by atoms with Gasteiger partial charge in [0.2, 0.25) is 0 Å². The molecule has 0 bridgehead atoms. The van der Waals surface area contributed by atoms with E-state index in [1.807, 2.05) is 6.92 Å². The van der Waals surface area contributed by atoms with Crippen molar-refractivity contribution in [2.75, 3.05) is 16.6 Å². The van der Waals surface area contributed by atoms with Crippen LogP contribution in [0.25, 0.3) is 0 Å². The third kappa shape index (κ3) is 5.58. The third-order valence-electron chi connectivity index (χ3n) is 3.92. The van der Waals surface area contributed by atoms with Crippen LogP contribution < -0.4 is 14.8 Å². The van der Waals surface area contributed by atoms with Crippen molar-refractivity contribution < 1.29 is 17.9 Å². The van der Waals surface area contributed by atoms with Crippen LogP contribution in [0.3, 0.4) is 0 Å². The number of rotatable bonds is 7. The van der Waals surface area contributed by atoms with Crippen LogP contribution in [-0.2, 0) is 10.0 Å². The van der Waals surface area contributed by atoms with E-state index >= 15 is 0 Å². The van der Waals surface area contributed by atoms with Crippen LogP contribution in [0.2, 0.25) is 0 Å². The Morgan fingerprint density at radius 2 is 1.66 bits per heavy atom. The Balaban J connectivity index is 1.73. The second-order valence-corrected chi connectivity index (χ2v) is 8.65. The van der Waals surface area contributed by atoms with Crippen molar-refractivity contribution in [3.63, 3.8) is 0 Å². The van der Waals surface area contributed by atoms with Crippen molar-refractivity contribution in [3.8, 4) is 5.75 Å². The average Bonchev–Trinajstić information content (AvgIpc) is 2.70. The SMILES string of the molecule is CCOc1ccc(NC(=O)c2cccc(NS(=O)(=O)c3ccc(Br)cc3)c2)cc1. The topological polar surface area (TPSA) is 84.5 Å². The van der Waals surface area contributed by atoms with E-state index in [0.717, 1.165) is 10.2 Å². The quantitative estimate of drug-likeness (QED) is 0.509. The smallest absolute Gasteiger partial charge is 0.261 e. The van der Waals surface area contributed by atoms with E-state index in [0.29, 0.717) is 23.5 Å². The van der Waals surface area contributed by atoms with E-state index in [-0.39, 0.29) is 10.8 Å². The number of carbonyl (C=O) groups excluding carboxylic acids is 1. The molecular weight excluding hydrogens is 456 g/mol. The zero-order valence-corrected chi connectivity index (χ0v) is 18.0.